The van der Waals surface area contributed by atoms with Crippen LogP contribution in [0.2, 0.25) is 0 Å². The fourth-order valence-corrected chi connectivity index (χ4v) is 2.56. The van der Waals surface area contributed by atoms with Gasteiger partial charge in [0.1, 0.15) is 0 Å². The van der Waals surface area contributed by atoms with Crippen LogP contribution in [0.15, 0.2) is 18.2 Å². The van der Waals surface area contributed by atoms with Gasteiger partial charge in [0, 0.05) is 30.9 Å². The van der Waals surface area contributed by atoms with Gasteiger partial charge in [-0.3, -0.25) is 4.79 Å². The number of likely N-dealkylation sites (N-methyl/N-ethyl adjacent to an activating group) is 1. The molecule has 1 fully saturated rings. The van der Waals surface area contributed by atoms with Gasteiger partial charge in [-0.1, -0.05) is 6.07 Å². The number of carbonyl (C=O) groups excluding carboxylic acids is 1. The standard InChI is InChI=1S/C15H23N3O/c1-11-6-7-13(16-12(2)19)9-15(11)17-14-5-4-8-18(3)10-14/h6-7,9,14,17H,4-5,8,10H2,1-3H3,(H,16,19). The van der Waals surface area contributed by atoms with Crippen molar-refractivity contribution in [3.63, 3.8) is 0 Å². The molecule has 1 aromatic carbocycles. The lowest BCUT2D eigenvalue weighted by Crippen LogP contribution is -2.39. The Bertz CT molecular complexity index is 459. The van der Waals surface area contributed by atoms with Gasteiger partial charge < -0.3 is 15.5 Å². The topological polar surface area (TPSA) is 44.4 Å². The Labute approximate surface area is 115 Å². The molecule has 1 heterocycles. The first-order valence-electron chi connectivity index (χ1n) is 6.88. The Morgan fingerprint density at radius 2 is 2.21 bits per heavy atom. The second-order valence-corrected chi connectivity index (χ2v) is 5.46. The van der Waals surface area contributed by atoms with Crippen LogP contribution in [0.5, 0.6) is 0 Å². The van der Waals surface area contributed by atoms with Crippen molar-refractivity contribution in [1.29, 1.82) is 0 Å². The van der Waals surface area contributed by atoms with Crippen LogP contribution in [0.25, 0.3) is 0 Å². The van der Waals surface area contributed by atoms with Crippen LogP contribution in [-0.2, 0) is 4.79 Å². The summed E-state index contributed by atoms with van der Waals surface area (Å²) in [5, 5.41) is 6.43. The number of hydrogen-bond acceptors (Lipinski definition) is 3. The van der Waals surface area contributed by atoms with Crippen LogP contribution in [0.4, 0.5) is 11.4 Å². The van der Waals surface area contributed by atoms with Crippen LogP contribution in [0, 0.1) is 6.92 Å². The highest BCUT2D eigenvalue weighted by Gasteiger charge is 2.17. The molecule has 4 heteroatoms. The maximum absolute atomic E-state index is 11.1. The molecule has 104 valence electrons. The summed E-state index contributed by atoms with van der Waals surface area (Å²) >= 11 is 0. The van der Waals surface area contributed by atoms with E-state index < -0.39 is 0 Å². The van der Waals surface area contributed by atoms with Crippen LogP contribution >= 0.6 is 0 Å². The lowest BCUT2D eigenvalue weighted by Gasteiger charge is -2.31. The molecule has 0 aromatic heterocycles. The van der Waals surface area contributed by atoms with E-state index in [1.807, 2.05) is 18.2 Å². The quantitative estimate of drug-likeness (QED) is 0.878. The van der Waals surface area contributed by atoms with Crippen LogP contribution in [0.1, 0.15) is 25.3 Å². The molecule has 1 atom stereocenters. The van der Waals surface area contributed by atoms with Crippen molar-refractivity contribution >= 4 is 17.3 Å². The van der Waals surface area contributed by atoms with E-state index in [4.69, 9.17) is 0 Å². The van der Waals surface area contributed by atoms with E-state index in [-0.39, 0.29) is 5.91 Å². The SMILES string of the molecule is CC(=O)Nc1ccc(C)c(NC2CCCN(C)C2)c1. The van der Waals surface area contributed by atoms with Crippen molar-refractivity contribution in [3.05, 3.63) is 23.8 Å². The van der Waals surface area contributed by atoms with Gasteiger partial charge in [-0.15, -0.1) is 0 Å². The largest absolute Gasteiger partial charge is 0.381 e. The van der Waals surface area contributed by atoms with Crippen molar-refractivity contribution in [2.45, 2.75) is 32.7 Å². The van der Waals surface area contributed by atoms with Crippen molar-refractivity contribution in [1.82, 2.24) is 4.90 Å². The second-order valence-electron chi connectivity index (χ2n) is 5.46. The number of benzene rings is 1. The van der Waals surface area contributed by atoms with Crippen molar-refractivity contribution in [3.8, 4) is 0 Å². The molecule has 0 spiro atoms. The number of amides is 1. The zero-order valence-electron chi connectivity index (χ0n) is 12.0. The minimum Gasteiger partial charge on any atom is -0.381 e. The van der Waals surface area contributed by atoms with Crippen LogP contribution < -0.4 is 10.6 Å². The van der Waals surface area contributed by atoms with E-state index in [2.05, 4.69) is 29.5 Å². The summed E-state index contributed by atoms with van der Waals surface area (Å²) in [6.07, 6.45) is 2.44. The summed E-state index contributed by atoms with van der Waals surface area (Å²) in [5.41, 5.74) is 3.18. The van der Waals surface area contributed by atoms with Gasteiger partial charge in [-0.05, 0) is 51.1 Å². The van der Waals surface area contributed by atoms with Crippen molar-refractivity contribution < 1.29 is 4.79 Å². The smallest absolute Gasteiger partial charge is 0.221 e. The van der Waals surface area contributed by atoms with E-state index in [0.717, 1.165) is 17.9 Å². The van der Waals surface area contributed by atoms with Gasteiger partial charge in [0.2, 0.25) is 5.91 Å². The van der Waals surface area contributed by atoms with E-state index in [0.29, 0.717) is 6.04 Å². The fourth-order valence-electron chi connectivity index (χ4n) is 2.56. The molecule has 4 nitrogen and oxygen atoms in total. The maximum atomic E-state index is 11.1. The maximum Gasteiger partial charge on any atom is 0.221 e. The first kappa shape index (κ1) is 13.9. The third-order valence-corrected chi connectivity index (χ3v) is 3.54. The highest BCUT2D eigenvalue weighted by atomic mass is 16.1. The minimum atomic E-state index is -0.0350. The summed E-state index contributed by atoms with van der Waals surface area (Å²) < 4.78 is 0. The predicted octanol–water partition coefficient (Wildman–Crippen LogP) is 2.46. The number of anilines is 2. The number of likely N-dealkylation sites (tertiary alicyclic amines) is 1. The number of nitrogens with one attached hydrogen (secondary N) is 2. The first-order chi connectivity index (χ1) is 9.04. The predicted molar refractivity (Wildman–Crippen MR) is 79.6 cm³/mol. The molecule has 0 aliphatic carbocycles. The minimum absolute atomic E-state index is 0.0350. The number of rotatable bonds is 3. The van der Waals surface area contributed by atoms with Gasteiger partial charge in [0.15, 0.2) is 0 Å². The van der Waals surface area contributed by atoms with Gasteiger partial charge >= 0.3 is 0 Å². The fraction of sp³-hybridized carbons (Fsp3) is 0.533. The number of nitrogens with zero attached hydrogens (tertiary/aromatic N) is 1. The molecular weight excluding hydrogens is 238 g/mol. The highest BCUT2D eigenvalue weighted by Crippen LogP contribution is 2.23. The van der Waals surface area contributed by atoms with E-state index in [9.17, 15) is 4.79 Å². The Hall–Kier alpha value is -1.55. The number of hydrogen-bond donors (Lipinski definition) is 2. The van der Waals surface area contributed by atoms with E-state index in [1.54, 1.807) is 0 Å². The van der Waals surface area contributed by atoms with Crippen LogP contribution in [0.3, 0.4) is 0 Å². The first-order valence-corrected chi connectivity index (χ1v) is 6.88. The lowest BCUT2D eigenvalue weighted by molar-refractivity contribution is -0.114. The van der Waals surface area contributed by atoms with Crippen molar-refractivity contribution in [2.75, 3.05) is 30.8 Å². The normalized spacial score (nSPS) is 20.1. The monoisotopic (exact) mass is 261 g/mol. The summed E-state index contributed by atoms with van der Waals surface area (Å²) in [5.74, 6) is -0.0350. The van der Waals surface area contributed by atoms with Gasteiger partial charge in [-0.2, -0.15) is 0 Å². The molecule has 1 unspecified atom stereocenters. The lowest BCUT2D eigenvalue weighted by atomic mass is 10.0. The Morgan fingerprint density at radius 3 is 2.89 bits per heavy atom. The third-order valence-electron chi connectivity index (χ3n) is 3.54. The molecule has 2 rings (SSSR count). The summed E-state index contributed by atoms with van der Waals surface area (Å²) in [4.78, 5) is 13.5. The van der Waals surface area contributed by atoms with E-state index >= 15 is 0 Å². The van der Waals surface area contributed by atoms with Gasteiger partial charge in [0.25, 0.3) is 0 Å². The summed E-state index contributed by atoms with van der Waals surface area (Å²) in [7, 11) is 2.16. The molecule has 2 N–H and O–H groups in total. The van der Waals surface area contributed by atoms with Gasteiger partial charge in [0.05, 0.1) is 0 Å². The highest BCUT2D eigenvalue weighted by molar-refractivity contribution is 5.89. The Morgan fingerprint density at radius 1 is 1.42 bits per heavy atom. The number of aryl methyl sites for hydroxylation is 1. The zero-order valence-corrected chi connectivity index (χ0v) is 12.0. The molecule has 1 aliphatic heterocycles. The summed E-state index contributed by atoms with van der Waals surface area (Å²) in [6.45, 7) is 5.88. The second kappa shape index (κ2) is 6.06. The molecule has 19 heavy (non-hydrogen) atoms. The third kappa shape index (κ3) is 3.96. The number of piperidine rings is 1. The average Bonchev–Trinajstić information content (AvgIpc) is 2.33. The van der Waals surface area contributed by atoms with Crippen molar-refractivity contribution in [2.24, 2.45) is 0 Å². The molecular formula is C15H23N3O. The van der Waals surface area contributed by atoms with Gasteiger partial charge in [-0.25, -0.2) is 0 Å². The molecule has 1 aliphatic rings. The molecule has 0 bridgehead atoms. The van der Waals surface area contributed by atoms with Crippen LogP contribution in [-0.4, -0.2) is 37.0 Å². The van der Waals surface area contributed by atoms with E-state index in [1.165, 1.54) is 31.9 Å². The average molecular weight is 261 g/mol. The molecule has 1 aromatic rings. The zero-order chi connectivity index (χ0) is 13.8. The molecule has 1 saturated heterocycles. The Balaban J connectivity index is 2.07. The molecule has 0 saturated carbocycles. The Kier molecular flexibility index (Phi) is 4.43. The molecule has 0 radical (unpaired) electrons. The molecule has 1 amide bonds. The summed E-state index contributed by atoms with van der Waals surface area (Å²) in [6, 6.07) is 6.49. The number of carbonyl (C=O) groups is 1.